The van der Waals surface area contributed by atoms with Crippen molar-refractivity contribution in [2.24, 2.45) is 0 Å². The van der Waals surface area contributed by atoms with E-state index < -0.39 is 15.8 Å². The summed E-state index contributed by atoms with van der Waals surface area (Å²) in [6.07, 6.45) is 2.14. The van der Waals surface area contributed by atoms with Gasteiger partial charge in [-0.3, -0.25) is 9.89 Å². The van der Waals surface area contributed by atoms with Crippen LogP contribution < -0.4 is 0 Å². The molecule has 0 bridgehead atoms. The van der Waals surface area contributed by atoms with E-state index in [0.717, 1.165) is 12.1 Å². The van der Waals surface area contributed by atoms with Crippen LogP contribution in [0.1, 0.15) is 12.2 Å². The molecule has 1 aromatic carbocycles. The summed E-state index contributed by atoms with van der Waals surface area (Å²) in [6, 6.07) is 4.74. The first-order chi connectivity index (χ1) is 12.0. The number of sulfonamides is 1. The van der Waals surface area contributed by atoms with Gasteiger partial charge in [-0.1, -0.05) is 0 Å². The third-order valence-corrected chi connectivity index (χ3v) is 6.00. The second-order valence-corrected chi connectivity index (χ2v) is 7.61. The molecule has 3 rings (SSSR count). The van der Waals surface area contributed by atoms with Gasteiger partial charge in [0.15, 0.2) is 0 Å². The Balaban J connectivity index is 1.55. The molecule has 0 unspecified atom stereocenters. The molecule has 0 spiro atoms. The third-order valence-electron chi connectivity index (χ3n) is 4.08. The lowest BCUT2D eigenvalue weighted by atomic mass is 10.2. The van der Waals surface area contributed by atoms with Gasteiger partial charge >= 0.3 is 0 Å². The molecule has 1 aliphatic heterocycles. The maximum absolute atomic E-state index is 13.0. The Labute approximate surface area is 144 Å². The topological polar surface area (TPSA) is 99.3 Å². The number of aromatic amines is 1. The van der Waals surface area contributed by atoms with E-state index in [9.17, 15) is 17.6 Å². The van der Waals surface area contributed by atoms with Gasteiger partial charge in [-0.2, -0.15) is 9.40 Å². The van der Waals surface area contributed by atoms with Crippen molar-refractivity contribution in [3.05, 3.63) is 42.2 Å². The van der Waals surface area contributed by atoms with Crippen LogP contribution in [0, 0.1) is 5.82 Å². The molecule has 1 aliphatic rings. The first-order valence-electron chi connectivity index (χ1n) is 7.84. The standard InChI is InChI=1S/C15H18FN5O3S/c16-12-1-3-13(4-2-12)25(23,24)21-9-7-20(8-10-21)15(22)6-5-14-17-11-18-19-14/h1-4,11H,5-10H2,(H,17,18,19). The number of aromatic nitrogens is 3. The van der Waals surface area contributed by atoms with Crippen LogP contribution in [0.15, 0.2) is 35.5 Å². The van der Waals surface area contributed by atoms with Gasteiger partial charge in [-0.05, 0) is 24.3 Å². The molecule has 0 radical (unpaired) electrons. The molecule has 0 saturated carbocycles. The lowest BCUT2D eigenvalue weighted by Crippen LogP contribution is -2.50. The van der Waals surface area contributed by atoms with E-state index in [2.05, 4.69) is 15.2 Å². The van der Waals surface area contributed by atoms with Crippen LogP contribution in [-0.2, 0) is 21.2 Å². The van der Waals surface area contributed by atoms with E-state index in [4.69, 9.17) is 0 Å². The Bertz CT molecular complexity index is 815. The van der Waals surface area contributed by atoms with E-state index in [1.807, 2.05) is 0 Å². The number of rotatable bonds is 5. The monoisotopic (exact) mass is 367 g/mol. The maximum Gasteiger partial charge on any atom is 0.243 e. The van der Waals surface area contributed by atoms with Gasteiger partial charge in [0.1, 0.15) is 18.0 Å². The smallest absolute Gasteiger partial charge is 0.243 e. The average molecular weight is 367 g/mol. The first kappa shape index (κ1) is 17.5. The van der Waals surface area contributed by atoms with Crippen LogP contribution in [0.2, 0.25) is 0 Å². The van der Waals surface area contributed by atoms with Crippen LogP contribution in [0.3, 0.4) is 0 Å². The summed E-state index contributed by atoms with van der Waals surface area (Å²) >= 11 is 0. The molecule has 8 nitrogen and oxygen atoms in total. The van der Waals surface area contributed by atoms with Crippen molar-refractivity contribution in [1.82, 2.24) is 24.4 Å². The number of aryl methyl sites for hydroxylation is 1. The molecule has 25 heavy (non-hydrogen) atoms. The van der Waals surface area contributed by atoms with Gasteiger partial charge in [-0.15, -0.1) is 0 Å². The van der Waals surface area contributed by atoms with Crippen molar-refractivity contribution in [2.75, 3.05) is 26.2 Å². The molecule has 1 N–H and O–H groups in total. The number of hydrogen-bond acceptors (Lipinski definition) is 5. The van der Waals surface area contributed by atoms with E-state index in [0.29, 0.717) is 31.8 Å². The second kappa shape index (κ2) is 7.28. The SMILES string of the molecule is O=C(CCc1ncn[nH]1)N1CCN(S(=O)(=O)c2ccc(F)cc2)CC1. The molecule has 1 aromatic heterocycles. The van der Waals surface area contributed by atoms with Crippen LogP contribution in [0.5, 0.6) is 0 Å². The highest BCUT2D eigenvalue weighted by Crippen LogP contribution is 2.18. The molecular weight excluding hydrogens is 349 g/mol. The largest absolute Gasteiger partial charge is 0.340 e. The Morgan fingerprint density at radius 1 is 1.16 bits per heavy atom. The Kier molecular flexibility index (Phi) is 5.09. The van der Waals surface area contributed by atoms with Crippen molar-refractivity contribution < 1.29 is 17.6 Å². The number of nitrogens with one attached hydrogen (secondary N) is 1. The zero-order valence-corrected chi connectivity index (χ0v) is 14.2. The van der Waals surface area contributed by atoms with E-state index >= 15 is 0 Å². The fourth-order valence-corrected chi connectivity index (χ4v) is 4.09. The van der Waals surface area contributed by atoms with Crippen molar-refractivity contribution in [2.45, 2.75) is 17.7 Å². The number of piperazine rings is 1. The van der Waals surface area contributed by atoms with Gasteiger partial charge in [0, 0.05) is 39.0 Å². The molecule has 10 heteroatoms. The number of hydrogen-bond donors (Lipinski definition) is 1. The summed E-state index contributed by atoms with van der Waals surface area (Å²) in [6.45, 7) is 1.09. The second-order valence-electron chi connectivity index (χ2n) is 5.67. The summed E-state index contributed by atoms with van der Waals surface area (Å²) in [7, 11) is -3.67. The van der Waals surface area contributed by atoms with Crippen LogP contribution in [0.4, 0.5) is 4.39 Å². The van der Waals surface area contributed by atoms with Gasteiger partial charge in [0.2, 0.25) is 15.9 Å². The number of carbonyl (C=O) groups excluding carboxylic acids is 1. The zero-order valence-electron chi connectivity index (χ0n) is 13.4. The highest BCUT2D eigenvalue weighted by molar-refractivity contribution is 7.89. The molecule has 134 valence electrons. The quantitative estimate of drug-likeness (QED) is 0.825. The number of carbonyl (C=O) groups is 1. The summed E-state index contributed by atoms with van der Waals surface area (Å²) in [4.78, 5) is 17.9. The molecule has 1 fully saturated rings. The molecule has 0 atom stereocenters. The van der Waals surface area contributed by atoms with Gasteiger partial charge in [-0.25, -0.2) is 17.8 Å². The Morgan fingerprint density at radius 2 is 1.84 bits per heavy atom. The fraction of sp³-hybridized carbons (Fsp3) is 0.400. The predicted molar refractivity (Wildman–Crippen MR) is 86.4 cm³/mol. The molecule has 1 saturated heterocycles. The van der Waals surface area contributed by atoms with Gasteiger partial charge in [0.05, 0.1) is 4.90 Å². The first-order valence-corrected chi connectivity index (χ1v) is 9.28. The number of H-pyrrole nitrogens is 1. The summed E-state index contributed by atoms with van der Waals surface area (Å²) in [5.74, 6) is 0.113. The van der Waals surface area contributed by atoms with Gasteiger partial charge < -0.3 is 4.90 Å². The van der Waals surface area contributed by atoms with E-state index in [1.54, 1.807) is 4.90 Å². The minimum atomic E-state index is -3.67. The summed E-state index contributed by atoms with van der Waals surface area (Å²) in [5.41, 5.74) is 0. The predicted octanol–water partition coefficient (Wildman–Crippen LogP) is 0.409. The maximum atomic E-state index is 13.0. The van der Waals surface area contributed by atoms with E-state index in [-0.39, 0.29) is 23.9 Å². The minimum Gasteiger partial charge on any atom is -0.340 e. The third kappa shape index (κ3) is 4.02. The van der Waals surface area contributed by atoms with E-state index in [1.165, 1.54) is 22.8 Å². The molecule has 0 aliphatic carbocycles. The number of benzene rings is 1. The van der Waals surface area contributed by atoms with Crippen molar-refractivity contribution in [1.29, 1.82) is 0 Å². The van der Waals surface area contributed by atoms with Crippen molar-refractivity contribution in [3.63, 3.8) is 0 Å². The molecule has 1 amide bonds. The lowest BCUT2D eigenvalue weighted by Gasteiger charge is -2.34. The molecular formula is C15H18FN5O3S. The average Bonchev–Trinajstić information content (AvgIpc) is 3.14. The Hall–Kier alpha value is -2.33. The van der Waals surface area contributed by atoms with Crippen LogP contribution in [-0.4, -0.2) is 64.9 Å². The van der Waals surface area contributed by atoms with Crippen molar-refractivity contribution in [3.8, 4) is 0 Å². The normalized spacial score (nSPS) is 16.1. The summed E-state index contributed by atoms with van der Waals surface area (Å²) < 4.78 is 39.4. The Morgan fingerprint density at radius 3 is 2.44 bits per heavy atom. The molecule has 2 heterocycles. The number of nitrogens with zero attached hydrogens (tertiary/aromatic N) is 4. The number of halogens is 1. The van der Waals surface area contributed by atoms with Gasteiger partial charge in [0.25, 0.3) is 0 Å². The van der Waals surface area contributed by atoms with Crippen molar-refractivity contribution >= 4 is 15.9 Å². The fourth-order valence-electron chi connectivity index (χ4n) is 2.67. The van der Waals surface area contributed by atoms with Crippen LogP contribution >= 0.6 is 0 Å². The van der Waals surface area contributed by atoms with Crippen LogP contribution in [0.25, 0.3) is 0 Å². The zero-order chi connectivity index (χ0) is 17.9. The minimum absolute atomic E-state index is 0.0461. The number of amides is 1. The highest BCUT2D eigenvalue weighted by atomic mass is 32.2. The summed E-state index contributed by atoms with van der Waals surface area (Å²) in [5, 5.41) is 6.42. The lowest BCUT2D eigenvalue weighted by molar-refractivity contribution is -0.132. The highest BCUT2D eigenvalue weighted by Gasteiger charge is 2.29. The molecule has 2 aromatic rings.